The van der Waals surface area contributed by atoms with E-state index in [1.165, 1.54) is 18.2 Å². The van der Waals surface area contributed by atoms with Crippen molar-refractivity contribution in [2.75, 3.05) is 31.1 Å². The Labute approximate surface area is 241 Å². The predicted molar refractivity (Wildman–Crippen MR) is 160 cm³/mol. The molecule has 5 aromatic rings. The van der Waals surface area contributed by atoms with Gasteiger partial charge in [-0.15, -0.1) is 0 Å². The van der Waals surface area contributed by atoms with E-state index in [0.29, 0.717) is 36.8 Å². The highest BCUT2D eigenvalue weighted by Gasteiger charge is 2.25. The number of nitrogens with zero attached hydrogens (tertiary/aromatic N) is 6. The first-order chi connectivity index (χ1) is 20.0. The number of non-ortho nitro benzene ring substituents is 1. The van der Waals surface area contributed by atoms with Crippen molar-refractivity contribution < 1.29 is 9.72 Å². The highest BCUT2D eigenvalue weighted by molar-refractivity contribution is 6.30. The number of benzene rings is 3. The van der Waals surface area contributed by atoms with Crippen LogP contribution in [0, 0.1) is 10.1 Å². The van der Waals surface area contributed by atoms with E-state index in [4.69, 9.17) is 16.6 Å². The van der Waals surface area contributed by atoms with Gasteiger partial charge in [0.25, 0.3) is 5.69 Å². The Morgan fingerprint density at radius 1 is 0.927 bits per heavy atom. The Bertz CT molecular complexity index is 1760. The molecule has 0 saturated carbocycles. The summed E-state index contributed by atoms with van der Waals surface area (Å²) in [6, 6.07) is 24.0. The van der Waals surface area contributed by atoms with Crippen molar-refractivity contribution in [2.24, 2.45) is 0 Å². The van der Waals surface area contributed by atoms with Crippen LogP contribution in [0.15, 0.2) is 97.5 Å². The number of fused-ring (bicyclic) bond motifs is 1. The van der Waals surface area contributed by atoms with Crippen LogP contribution in [0.1, 0.15) is 5.56 Å². The Balaban J connectivity index is 1.27. The molecule has 10 heteroatoms. The van der Waals surface area contributed by atoms with E-state index in [0.717, 1.165) is 33.7 Å². The molecule has 3 aromatic carbocycles. The zero-order valence-electron chi connectivity index (χ0n) is 21.9. The number of aromatic nitrogens is 3. The van der Waals surface area contributed by atoms with Crippen molar-refractivity contribution in [1.29, 1.82) is 0 Å². The first-order valence-electron chi connectivity index (χ1n) is 13.1. The van der Waals surface area contributed by atoms with Gasteiger partial charge in [-0.2, -0.15) is 0 Å². The number of anilines is 1. The number of nitro groups is 1. The standard InChI is InChI=1S/C31H25ClN6O3/c32-24-10-12-25(13-11-24)37-20-27(23-6-2-1-3-7-23)29-30(33-21-34-31(29)37)36-17-15-35(16-18-36)28(39)14-9-22-5-4-8-26(19-22)38(40)41/h1-14,19-21H,15-18H2/b14-9+. The maximum atomic E-state index is 12.9. The lowest BCUT2D eigenvalue weighted by atomic mass is 10.1. The van der Waals surface area contributed by atoms with Gasteiger partial charge in [0.1, 0.15) is 12.1 Å². The van der Waals surface area contributed by atoms with Crippen LogP contribution < -0.4 is 4.90 Å². The van der Waals surface area contributed by atoms with Crippen molar-refractivity contribution in [2.45, 2.75) is 0 Å². The fourth-order valence-electron chi connectivity index (χ4n) is 5.07. The van der Waals surface area contributed by atoms with Crippen LogP contribution in [-0.2, 0) is 4.79 Å². The molecule has 9 nitrogen and oxygen atoms in total. The summed E-state index contributed by atoms with van der Waals surface area (Å²) in [5.74, 6) is 0.684. The van der Waals surface area contributed by atoms with Crippen LogP contribution in [0.25, 0.3) is 33.9 Å². The van der Waals surface area contributed by atoms with Crippen molar-refractivity contribution >= 4 is 46.1 Å². The van der Waals surface area contributed by atoms with E-state index in [9.17, 15) is 14.9 Å². The summed E-state index contributed by atoms with van der Waals surface area (Å²) in [5.41, 5.74) is 4.40. The number of nitro benzene ring substituents is 1. The molecule has 1 aliphatic rings. The average molecular weight is 565 g/mol. The van der Waals surface area contributed by atoms with Crippen LogP contribution in [0.5, 0.6) is 0 Å². The van der Waals surface area contributed by atoms with Gasteiger partial charge in [0, 0.05) is 66.9 Å². The SMILES string of the molecule is O=C(/C=C/c1cccc([N+](=O)[O-])c1)N1CCN(c2ncnc3c2c(-c2ccccc2)cn3-c2ccc(Cl)cc2)CC1. The third kappa shape index (κ3) is 5.39. The molecule has 204 valence electrons. The van der Waals surface area contributed by atoms with Crippen molar-refractivity contribution in [3.63, 3.8) is 0 Å². The van der Waals surface area contributed by atoms with Crippen molar-refractivity contribution in [3.8, 4) is 16.8 Å². The molecule has 1 fully saturated rings. The number of hydrogen-bond acceptors (Lipinski definition) is 6. The number of carbonyl (C=O) groups is 1. The largest absolute Gasteiger partial charge is 0.352 e. The molecule has 1 amide bonds. The quantitative estimate of drug-likeness (QED) is 0.142. The number of carbonyl (C=O) groups excluding carboxylic acids is 1. The lowest BCUT2D eigenvalue weighted by Crippen LogP contribution is -2.48. The van der Waals surface area contributed by atoms with Crippen molar-refractivity contribution in [1.82, 2.24) is 19.4 Å². The lowest BCUT2D eigenvalue weighted by Gasteiger charge is -2.35. The highest BCUT2D eigenvalue weighted by Crippen LogP contribution is 2.37. The van der Waals surface area contributed by atoms with E-state index < -0.39 is 4.92 Å². The summed E-state index contributed by atoms with van der Waals surface area (Å²) in [5, 5.41) is 12.6. The van der Waals surface area contributed by atoms with Gasteiger partial charge in [-0.05, 0) is 41.5 Å². The molecule has 0 bridgehead atoms. The Kier molecular flexibility index (Phi) is 7.18. The zero-order chi connectivity index (χ0) is 28.3. The van der Waals surface area contributed by atoms with Crippen LogP contribution in [0.4, 0.5) is 11.5 Å². The third-order valence-electron chi connectivity index (χ3n) is 7.14. The fraction of sp³-hybridized carbons (Fsp3) is 0.129. The van der Waals surface area contributed by atoms with Crippen molar-refractivity contribution in [3.05, 3.63) is 118 Å². The molecule has 1 aliphatic heterocycles. The van der Waals surface area contributed by atoms with Gasteiger partial charge in [-0.25, -0.2) is 9.97 Å². The maximum Gasteiger partial charge on any atom is 0.270 e. The second-order valence-corrected chi connectivity index (χ2v) is 10.1. The summed E-state index contributed by atoms with van der Waals surface area (Å²) >= 11 is 6.15. The van der Waals surface area contributed by atoms with Crippen LogP contribution in [0.3, 0.4) is 0 Å². The van der Waals surface area contributed by atoms with Crippen LogP contribution in [-0.4, -0.2) is 56.4 Å². The summed E-state index contributed by atoms with van der Waals surface area (Å²) in [6.45, 7) is 2.23. The third-order valence-corrected chi connectivity index (χ3v) is 7.39. The molecule has 3 heterocycles. The minimum atomic E-state index is -0.449. The van der Waals surface area contributed by atoms with Gasteiger partial charge >= 0.3 is 0 Å². The summed E-state index contributed by atoms with van der Waals surface area (Å²) < 4.78 is 2.05. The molecule has 0 unspecified atom stereocenters. The lowest BCUT2D eigenvalue weighted by molar-refractivity contribution is -0.384. The number of hydrogen-bond donors (Lipinski definition) is 0. The predicted octanol–water partition coefficient (Wildman–Crippen LogP) is 6.01. The molecule has 1 saturated heterocycles. The van der Waals surface area contributed by atoms with Gasteiger partial charge in [0.05, 0.1) is 10.3 Å². The molecule has 0 spiro atoms. The maximum absolute atomic E-state index is 12.9. The molecular weight excluding hydrogens is 540 g/mol. The molecule has 41 heavy (non-hydrogen) atoms. The molecule has 0 N–H and O–H groups in total. The monoisotopic (exact) mass is 564 g/mol. The zero-order valence-corrected chi connectivity index (χ0v) is 22.7. The minimum Gasteiger partial charge on any atom is -0.352 e. The van der Waals surface area contributed by atoms with Gasteiger partial charge in [0.2, 0.25) is 5.91 Å². The first kappa shape index (κ1) is 26.2. The molecule has 0 atom stereocenters. The van der Waals surface area contributed by atoms with Gasteiger partial charge < -0.3 is 14.4 Å². The second-order valence-electron chi connectivity index (χ2n) is 9.65. The van der Waals surface area contributed by atoms with E-state index in [1.807, 2.05) is 42.5 Å². The van der Waals surface area contributed by atoms with Gasteiger partial charge in [0.15, 0.2) is 5.65 Å². The van der Waals surface area contributed by atoms with Gasteiger partial charge in [-0.3, -0.25) is 14.9 Å². The Morgan fingerprint density at radius 3 is 2.41 bits per heavy atom. The first-order valence-corrected chi connectivity index (χ1v) is 13.5. The van der Waals surface area contributed by atoms with E-state index in [1.54, 1.807) is 29.4 Å². The highest BCUT2D eigenvalue weighted by atomic mass is 35.5. The van der Waals surface area contributed by atoms with Crippen LogP contribution in [0.2, 0.25) is 5.02 Å². The smallest absolute Gasteiger partial charge is 0.270 e. The number of rotatable bonds is 6. The van der Waals surface area contributed by atoms with Gasteiger partial charge in [-0.1, -0.05) is 54.1 Å². The second kappa shape index (κ2) is 11.2. The normalized spacial score (nSPS) is 13.7. The molecule has 6 rings (SSSR count). The fourth-order valence-corrected chi connectivity index (χ4v) is 5.20. The van der Waals surface area contributed by atoms with Crippen LogP contribution >= 0.6 is 11.6 Å². The average Bonchev–Trinajstić information content (AvgIpc) is 3.41. The van der Waals surface area contributed by atoms with E-state index in [-0.39, 0.29) is 11.6 Å². The molecule has 0 aliphatic carbocycles. The molecular formula is C31H25ClN6O3. The van der Waals surface area contributed by atoms with E-state index >= 15 is 0 Å². The summed E-state index contributed by atoms with van der Waals surface area (Å²) in [6.07, 6.45) is 6.75. The number of piperazine rings is 1. The summed E-state index contributed by atoms with van der Waals surface area (Å²) in [7, 11) is 0. The Hall–Kier alpha value is -5.02. The summed E-state index contributed by atoms with van der Waals surface area (Å²) in [4.78, 5) is 36.9. The molecule has 0 radical (unpaired) electrons. The molecule has 2 aromatic heterocycles. The van der Waals surface area contributed by atoms with E-state index in [2.05, 4.69) is 32.8 Å². The number of halogens is 1. The minimum absolute atomic E-state index is 0.0101. The topological polar surface area (TPSA) is 97.4 Å². The number of amides is 1. The Morgan fingerprint density at radius 2 is 1.68 bits per heavy atom.